The van der Waals surface area contributed by atoms with E-state index in [1.54, 1.807) is 6.20 Å². The summed E-state index contributed by atoms with van der Waals surface area (Å²) in [7, 11) is 0. The average molecular weight is 309 g/mol. The van der Waals surface area contributed by atoms with Crippen molar-refractivity contribution in [3.05, 3.63) is 52.4 Å². The van der Waals surface area contributed by atoms with E-state index in [2.05, 4.69) is 64.9 Å². The van der Waals surface area contributed by atoms with Gasteiger partial charge in [-0.3, -0.25) is 0 Å². The first-order valence-electron chi connectivity index (χ1n) is 8.46. The number of rotatable bonds is 2. The summed E-state index contributed by atoms with van der Waals surface area (Å²) in [5, 5.41) is 3.78. The summed E-state index contributed by atoms with van der Waals surface area (Å²) >= 11 is 0. The van der Waals surface area contributed by atoms with Crippen LogP contribution in [0.2, 0.25) is 0 Å². The second-order valence-corrected chi connectivity index (χ2v) is 8.22. The maximum Gasteiger partial charge on any atom is 0.159 e. The van der Waals surface area contributed by atoms with Gasteiger partial charge in [0.25, 0.3) is 0 Å². The molecule has 122 valence electrons. The fraction of sp³-hybridized carbons (Fsp3) is 0.476. The van der Waals surface area contributed by atoms with Crippen LogP contribution in [0, 0.1) is 6.92 Å². The van der Waals surface area contributed by atoms with Gasteiger partial charge in [0, 0.05) is 6.07 Å². The number of fused-ring (bicyclic) bond motifs is 1. The Balaban J connectivity index is 2.14. The summed E-state index contributed by atoms with van der Waals surface area (Å²) in [5.41, 5.74) is 7.38. The zero-order valence-corrected chi connectivity index (χ0v) is 15.2. The maximum atomic E-state index is 5.23. The highest BCUT2D eigenvalue weighted by atomic mass is 16.5. The summed E-state index contributed by atoms with van der Waals surface area (Å²) in [4.78, 5) is 0. The van der Waals surface area contributed by atoms with E-state index >= 15 is 0 Å². The molecule has 0 aliphatic heterocycles. The lowest BCUT2D eigenvalue weighted by molar-refractivity contribution is 0.331. The zero-order chi connectivity index (χ0) is 16.8. The van der Waals surface area contributed by atoms with Crippen molar-refractivity contribution in [2.75, 3.05) is 0 Å². The molecule has 0 amide bonds. The van der Waals surface area contributed by atoms with Gasteiger partial charge in [0.2, 0.25) is 0 Å². The molecule has 1 aromatic heterocycles. The molecule has 3 rings (SSSR count). The first-order valence-corrected chi connectivity index (χ1v) is 8.46. The number of allylic oxidation sites excluding steroid dienone is 1. The predicted octanol–water partition coefficient (Wildman–Crippen LogP) is 5.89. The minimum Gasteiger partial charge on any atom is -0.357 e. The molecule has 2 heteroatoms. The fourth-order valence-corrected chi connectivity index (χ4v) is 3.74. The molecule has 2 aromatic rings. The van der Waals surface area contributed by atoms with Crippen molar-refractivity contribution in [2.24, 2.45) is 0 Å². The standard InChI is InChI=1S/C21H27NO/c1-14(11-16-7-10-22-23-16)17-13-19-18(12-15(17)2)20(3,4)8-9-21(19,5)6/h7,10-13H,8-9H2,1-6H3/b14-11+. The number of aromatic nitrogens is 1. The summed E-state index contributed by atoms with van der Waals surface area (Å²) < 4.78 is 5.23. The first kappa shape index (κ1) is 16.0. The van der Waals surface area contributed by atoms with Gasteiger partial charge < -0.3 is 4.52 Å². The number of aryl methyl sites for hydroxylation is 1. The van der Waals surface area contributed by atoms with Crippen molar-refractivity contribution in [2.45, 2.75) is 65.2 Å². The Labute approximate surface area is 139 Å². The molecule has 1 aliphatic carbocycles. The maximum absolute atomic E-state index is 5.23. The number of hydrogen-bond donors (Lipinski definition) is 0. The highest BCUT2D eigenvalue weighted by molar-refractivity contribution is 5.81. The van der Waals surface area contributed by atoms with Crippen molar-refractivity contribution in [1.29, 1.82) is 0 Å². The van der Waals surface area contributed by atoms with Crippen LogP contribution in [0.3, 0.4) is 0 Å². The molecule has 2 nitrogen and oxygen atoms in total. The van der Waals surface area contributed by atoms with Crippen LogP contribution in [0.4, 0.5) is 0 Å². The third-order valence-electron chi connectivity index (χ3n) is 5.44. The Morgan fingerprint density at radius 1 is 1.09 bits per heavy atom. The first-order chi connectivity index (χ1) is 10.7. The van der Waals surface area contributed by atoms with E-state index in [9.17, 15) is 0 Å². The van der Waals surface area contributed by atoms with Crippen molar-refractivity contribution in [3.63, 3.8) is 0 Å². The quantitative estimate of drug-likeness (QED) is 0.691. The highest BCUT2D eigenvalue weighted by Crippen LogP contribution is 2.47. The van der Waals surface area contributed by atoms with Crippen LogP contribution < -0.4 is 0 Å². The predicted molar refractivity (Wildman–Crippen MR) is 96.5 cm³/mol. The van der Waals surface area contributed by atoms with Crippen LogP contribution in [0.5, 0.6) is 0 Å². The third-order valence-corrected chi connectivity index (χ3v) is 5.44. The summed E-state index contributed by atoms with van der Waals surface area (Å²) in [6.45, 7) is 13.9. The Morgan fingerprint density at radius 3 is 2.26 bits per heavy atom. The molecule has 0 spiro atoms. The second-order valence-electron chi connectivity index (χ2n) is 8.22. The minimum atomic E-state index is 0.236. The average Bonchev–Trinajstić information content (AvgIpc) is 2.96. The molecule has 0 unspecified atom stereocenters. The van der Waals surface area contributed by atoms with Crippen LogP contribution in [0.15, 0.2) is 28.9 Å². The van der Waals surface area contributed by atoms with E-state index in [0.29, 0.717) is 0 Å². The molecule has 0 radical (unpaired) electrons. The monoisotopic (exact) mass is 309 g/mol. The molecule has 1 aliphatic rings. The molecular weight excluding hydrogens is 282 g/mol. The van der Waals surface area contributed by atoms with E-state index in [0.717, 1.165) is 5.76 Å². The van der Waals surface area contributed by atoms with Gasteiger partial charge in [0.15, 0.2) is 5.76 Å². The van der Waals surface area contributed by atoms with Crippen LogP contribution in [-0.2, 0) is 10.8 Å². The van der Waals surface area contributed by atoms with E-state index in [1.165, 1.54) is 40.7 Å². The minimum absolute atomic E-state index is 0.236. The molecule has 1 heterocycles. The summed E-state index contributed by atoms with van der Waals surface area (Å²) in [6, 6.07) is 6.71. The van der Waals surface area contributed by atoms with Crippen molar-refractivity contribution < 1.29 is 4.52 Å². The van der Waals surface area contributed by atoms with Crippen LogP contribution in [0.1, 0.15) is 75.5 Å². The molecule has 0 N–H and O–H groups in total. The molecule has 23 heavy (non-hydrogen) atoms. The lowest BCUT2D eigenvalue weighted by Gasteiger charge is -2.42. The molecule has 0 bridgehead atoms. The van der Waals surface area contributed by atoms with Crippen molar-refractivity contribution in [1.82, 2.24) is 5.16 Å². The summed E-state index contributed by atoms with van der Waals surface area (Å²) in [5.74, 6) is 0.805. The number of benzene rings is 1. The van der Waals surface area contributed by atoms with E-state index in [4.69, 9.17) is 4.52 Å². The van der Waals surface area contributed by atoms with Gasteiger partial charge in [-0.05, 0) is 71.4 Å². The molecule has 0 saturated heterocycles. The Bertz CT molecular complexity index is 748. The van der Waals surface area contributed by atoms with Crippen molar-refractivity contribution in [3.8, 4) is 0 Å². The van der Waals surface area contributed by atoms with E-state index in [1.807, 2.05) is 6.07 Å². The third kappa shape index (κ3) is 2.87. The van der Waals surface area contributed by atoms with Gasteiger partial charge in [-0.25, -0.2) is 0 Å². The van der Waals surface area contributed by atoms with E-state index < -0.39 is 0 Å². The Kier molecular flexibility index (Phi) is 3.74. The van der Waals surface area contributed by atoms with Crippen LogP contribution >= 0.6 is 0 Å². The number of nitrogens with zero attached hydrogens (tertiary/aromatic N) is 1. The van der Waals surface area contributed by atoms with Gasteiger partial charge in [-0.2, -0.15) is 0 Å². The second kappa shape index (κ2) is 5.36. The lowest BCUT2D eigenvalue weighted by atomic mass is 9.62. The molecule has 0 saturated carbocycles. The largest absolute Gasteiger partial charge is 0.357 e. The zero-order valence-electron chi connectivity index (χ0n) is 15.2. The van der Waals surface area contributed by atoms with Gasteiger partial charge in [-0.1, -0.05) is 45.0 Å². The molecule has 1 aromatic carbocycles. The molecular formula is C21H27NO. The number of hydrogen-bond acceptors (Lipinski definition) is 2. The van der Waals surface area contributed by atoms with Gasteiger partial charge in [-0.15, -0.1) is 0 Å². The normalized spacial score (nSPS) is 19.5. The smallest absolute Gasteiger partial charge is 0.159 e. The fourth-order valence-electron chi connectivity index (χ4n) is 3.74. The van der Waals surface area contributed by atoms with Crippen molar-refractivity contribution >= 4 is 11.6 Å². The Morgan fingerprint density at radius 2 is 1.70 bits per heavy atom. The van der Waals surface area contributed by atoms with Gasteiger partial charge >= 0.3 is 0 Å². The SMILES string of the molecule is C/C(=C\c1ccno1)c1cc2c(cc1C)C(C)(C)CCC2(C)C. The van der Waals surface area contributed by atoms with E-state index in [-0.39, 0.29) is 10.8 Å². The Hall–Kier alpha value is -1.83. The van der Waals surface area contributed by atoms with Gasteiger partial charge in [0.1, 0.15) is 0 Å². The summed E-state index contributed by atoms with van der Waals surface area (Å²) in [6.07, 6.45) is 6.24. The highest BCUT2D eigenvalue weighted by Gasteiger charge is 2.37. The molecule has 0 atom stereocenters. The van der Waals surface area contributed by atoms with Crippen LogP contribution in [-0.4, -0.2) is 5.16 Å². The lowest BCUT2D eigenvalue weighted by Crippen LogP contribution is -2.34. The van der Waals surface area contributed by atoms with Gasteiger partial charge in [0.05, 0.1) is 6.20 Å². The van der Waals surface area contributed by atoms with Crippen LogP contribution in [0.25, 0.3) is 11.6 Å². The molecule has 0 fully saturated rings. The topological polar surface area (TPSA) is 26.0 Å².